The van der Waals surface area contributed by atoms with Crippen molar-refractivity contribution in [1.82, 2.24) is 4.90 Å². The van der Waals surface area contributed by atoms with E-state index in [1.54, 1.807) is 48.4 Å². The number of aliphatic hydroxyl groups is 1. The maximum absolute atomic E-state index is 16.6. The highest BCUT2D eigenvalue weighted by atomic mass is 32.2. The molecule has 7 aliphatic rings. The molecule has 0 aromatic heterocycles. The molecule has 0 bridgehead atoms. The van der Waals surface area contributed by atoms with Gasteiger partial charge < -0.3 is 65.9 Å². The number of aliphatic hydroxyl groups excluding tert-OH is 1. The minimum absolute atomic E-state index is 0.0332. The number of sulfone groups is 1. The second kappa shape index (κ2) is 38.9. The van der Waals surface area contributed by atoms with Gasteiger partial charge in [0.1, 0.15) is 36.2 Å². The summed E-state index contributed by atoms with van der Waals surface area (Å²) in [7, 11) is -12.2. The summed E-state index contributed by atoms with van der Waals surface area (Å²) in [6, 6.07) is 54.1. The van der Waals surface area contributed by atoms with Crippen LogP contribution in [0, 0.1) is 17.3 Å². The predicted molar refractivity (Wildman–Crippen MR) is 481 cm³/mol. The van der Waals surface area contributed by atoms with Crippen LogP contribution in [0.2, 0.25) is 28.2 Å². The normalized spacial score (nSPS) is 29.8. The van der Waals surface area contributed by atoms with Crippen LogP contribution in [0.5, 0.6) is 0 Å². The fraction of sp³-hybridized carbons (Fsp3) is 0.582. The van der Waals surface area contributed by atoms with E-state index in [0.717, 1.165) is 56.4 Å². The SMILES string of the molecule is C=CCOCC=C[C@H]1CC(=C)[C@H](CC[C@H]2C[C@@H](C)C(=C)[C@@H](C[C@@H]3O[C@H](C[C@H]4CN(C(=O)C(C)(C)C)C(C)(C)O4)[C@H](OC)[C@H]3[C@@H](C(O)C[C@H]3CC[C@@H]4O[C@@H]5[C@@H](O[C@H](CC(C=C)O[Si](CC)(CC)CC)[C@@H]5O[Si](c5ccccc5)(c5ccccc5)C(C)(C)C)[C@@H](O[Si](c5ccccc5)(c5ccccc5)C(C)(C)C)[C@H]4O3)S(=O)(=O)c3ccccc3)O2)O1. The van der Waals surface area contributed by atoms with Gasteiger partial charge in [-0.25, -0.2) is 8.42 Å². The van der Waals surface area contributed by atoms with E-state index in [-0.39, 0.29) is 66.9 Å². The number of ether oxygens (including phenoxy) is 9. The van der Waals surface area contributed by atoms with Gasteiger partial charge in [0, 0.05) is 57.1 Å². The first-order valence-corrected chi connectivity index (χ1v) is 52.0. The van der Waals surface area contributed by atoms with Crippen LogP contribution in [-0.2, 0) is 70.5 Å². The van der Waals surface area contributed by atoms with Gasteiger partial charge in [0.15, 0.2) is 18.2 Å². The molecule has 0 aliphatic carbocycles. The summed E-state index contributed by atoms with van der Waals surface area (Å²) in [5, 5.41) is 15.9. The Hall–Kier alpha value is -5.65. The molecule has 0 radical (unpaired) electrons. The van der Waals surface area contributed by atoms with E-state index in [1.165, 1.54) is 0 Å². The van der Waals surface area contributed by atoms with Gasteiger partial charge in [0.2, 0.25) is 5.91 Å². The first kappa shape index (κ1) is 92.5. The topological polar surface area (TPSA) is 185 Å². The minimum Gasteiger partial charge on any atom is -0.410 e. The highest BCUT2D eigenvalue weighted by Crippen LogP contribution is 2.52. The highest BCUT2D eigenvalue weighted by Gasteiger charge is 2.66. The Morgan fingerprint density at radius 3 is 1.69 bits per heavy atom. The Balaban J connectivity index is 0.946. The molecular formula is C98H139NO16SSi3. The molecule has 7 heterocycles. The van der Waals surface area contributed by atoms with Crippen LogP contribution in [0.1, 0.15) is 168 Å². The molecule has 5 aromatic carbocycles. The molecule has 119 heavy (non-hydrogen) atoms. The van der Waals surface area contributed by atoms with Crippen molar-refractivity contribution in [3.63, 3.8) is 0 Å². The second-order valence-corrected chi connectivity index (χ2v) is 53.5. The second-order valence-electron chi connectivity index (χ2n) is 38.2. The molecule has 5 aromatic rings. The Morgan fingerprint density at radius 2 is 1.17 bits per heavy atom. The van der Waals surface area contributed by atoms with E-state index < -0.39 is 153 Å². The molecule has 12 rings (SSSR count). The molecular weight excluding hydrogens is 1560 g/mol. The summed E-state index contributed by atoms with van der Waals surface area (Å²) in [6.45, 7) is 50.9. The number of hydrogen-bond acceptors (Lipinski definition) is 16. The number of carbonyl (C=O) groups excluding carboxylic acids is 1. The third-order valence-electron chi connectivity index (χ3n) is 27.0. The van der Waals surface area contributed by atoms with Gasteiger partial charge in [-0.2, -0.15) is 0 Å². The predicted octanol–water partition coefficient (Wildman–Crippen LogP) is 16.3. The summed E-state index contributed by atoms with van der Waals surface area (Å²) in [5.41, 5.74) is 0.249. The fourth-order valence-electron chi connectivity index (χ4n) is 20.6. The summed E-state index contributed by atoms with van der Waals surface area (Å²) < 4.78 is 122. The lowest BCUT2D eigenvalue weighted by Crippen LogP contribution is -2.73. The number of methoxy groups -OCH3 is 1. The number of benzene rings is 5. The van der Waals surface area contributed by atoms with Crippen molar-refractivity contribution < 1.29 is 74.2 Å². The van der Waals surface area contributed by atoms with E-state index in [9.17, 15) is 9.90 Å². The summed E-state index contributed by atoms with van der Waals surface area (Å²) in [6.07, 6.45) is 0.284. The highest BCUT2D eigenvalue weighted by molar-refractivity contribution is 7.92. The van der Waals surface area contributed by atoms with Crippen molar-refractivity contribution >= 4 is 61.4 Å². The van der Waals surface area contributed by atoms with Gasteiger partial charge in [-0.15, -0.1) is 13.2 Å². The lowest BCUT2D eigenvalue weighted by Gasteiger charge is -2.53. The minimum atomic E-state index is -4.53. The van der Waals surface area contributed by atoms with E-state index >= 15 is 8.42 Å². The Bertz CT molecular complexity index is 4220. The Labute approximate surface area is 715 Å². The van der Waals surface area contributed by atoms with E-state index in [4.69, 9.17) is 62.5 Å². The molecule has 1 N–H and O–H groups in total. The van der Waals surface area contributed by atoms with Crippen LogP contribution in [0.3, 0.4) is 0 Å². The van der Waals surface area contributed by atoms with E-state index in [1.807, 2.05) is 52.8 Å². The number of fused-ring (bicyclic) bond motifs is 2. The molecule has 2 unspecified atom stereocenters. The molecule has 17 nitrogen and oxygen atoms in total. The zero-order valence-corrected chi connectivity index (χ0v) is 77.8. The van der Waals surface area contributed by atoms with Gasteiger partial charge in [-0.3, -0.25) is 4.79 Å². The molecule has 1 amide bonds. The summed E-state index contributed by atoms with van der Waals surface area (Å²) in [4.78, 5) is 16.1. The van der Waals surface area contributed by atoms with Crippen molar-refractivity contribution in [2.45, 2.75) is 322 Å². The zero-order valence-electron chi connectivity index (χ0n) is 73.9. The average Bonchev–Trinajstić information content (AvgIpc) is 1.66. The van der Waals surface area contributed by atoms with Crippen LogP contribution in [0.25, 0.3) is 0 Å². The smallest absolute Gasteiger partial charge is 0.261 e. The number of hydrogen-bond donors (Lipinski definition) is 1. The van der Waals surface area contributed by atoms with E-state index in [0.29, 0.717) is 51.7 Å². The van der Waals surface area contributed by atoms with Gasteiger partial charge in [0.05, 0.1) is 103 Å². The van der Waals surface area contributed by atoms with E-state index in [2.05, 4.69) is 210 Å². The van der Waals surface area contributed by atoms with Crippen LogP contribution in [-0.4, -0.2) is 197 Å². The number of nitrogens with zero attached hydrogens (tertiary/aromatic N) is 1. The summed E-state index contributed by atoms with van der Waals surface area (Å²) in [5.74, 6) is -1.03. The Kier molecular flexibility index (Phi) is 30.2. The monoisotopic (exact) mass is 1700 g/mol. The first-order chi connectivity index (χ1) is 56.6. The lowest BCUT2D eigenvalue weighted by atomic mass is 9.80. The molecule has 21 heteroatoms. The quantitative estimate of drug-likeness (QED) is 0.0229. The van der Waals surface area contributed by atoms with Gasteiger partial charge in [-0.1, -0.05) is 267 Å². The molecule has 0 saturated carbocycles. The number of amides is 1. The van der Waals surface area contributed by atoms with Crippen LogP contribution in [0.4, 0.5) is 0 Å². The standard InChI is InChI=1S/C98H139NO16SSi3/c1-21-57-105-58-41-42-70-60-67(7)80(106-70)55-53-71-59-66(6)68(8)82(107-71)64-83-86(87(104-20)84(109-83)63-73-65-99(98(18,19)112-73)94(101)95(9,10)11)93(116(102,103)74-43-31-26-32-44-74)79(100)61-72-54-56-81-88(108-72)92(115-119(97(15,16)17,77-49-37-29-38-50-77)78-51-39-30-40-52-78)91-90(110-81)89(85(111-91)62-69(22-2)113-117(23-3,24-4)25-5)114-118(96(12,13)14,75-45-33-27-34-46-75)76-47-35-28-36-48-76/h21-22,26-52,66,69-73,79-93,100H,1-2,7-8,23-25,53-65H2,3-6,9-20H3/t66-,69?,70+,71+,72-,73+,79?,80+,81+,82-,83+,84-,85-,86+,87+,88+,89+,90+,91-,92+,93-/m1/s1. The average molecular weight is 1700 g/mol. The molecule has 7 aliphatic heterocycles. The van der Waals surface area contributed by atoms with Gasteiger partial charge >= 0.3 is 0 Å². The van der Waals surface area contributed by atoms with Crippen molar-refractivity contribution in [2.75, 3.05) is 26.9 Å². The Morgan fingerprint density at radius 1 is 0.622 bits per heavy atom. The molecule has 7 saturated heterocycles. The van der Waals surface area contributed by atoms with Crippen LogP contribution < -0.4 is 20.7 Å². The largest absolute Gasteiger partial charge is 0.410 e. The first-order valence-electron chi connectivity index (χ1n) is 44.1. The van der Waals surface area contributed by atoms with Crippen LogP contribution >= 0.6 is 0 Å². The molecule has 21 atom stereocenters. The lowest BCUT2D eigenvalue weighted by molar-refractivity contribution is -0.257. The maximum atomic E-state index is 16.6. The molecule has 7 fully saturated rings. The van der Waals surface area contributed by atoms with Gasteiger partial charge in [-0.05, 0) is 124 Å². The zero-order chi connectivity index (χ0) is 85.6. The van der Waals surface area contributed by atoms with Gasteiger partial charge in [0.25, 0.3) is 16.6 Å². The summed E-state index contributed by atoms with van der Waals surface area (Å²) >= 11 is 0. The fourth-order valence-corrected chi connectivity index (χ4v) is 35.0. The van der Waals surface area contributed by atoms with Crippen molar-refractivity contribution in [3.8, 4) is 0 Å². The molecule has 650 valence electrons. The van der Waals surface area contributed by atoms with Crippen molar-refractivity contribution in [3.05, 3.63) is 213 Å². The molecule has 0 spiro atoms. The third kappa shape index (κ3) is 19.9. The van der Waals surface area contributed by atoms with Crippen molar-refractivity contribution in [2.24, 2.45) is 17.3 Å². The third-order valence-corrected chi connectivity index (χ3v) is 44.0. The maximum Gasteiger partial charge on any atom is 0.261 e. The van der Waals surface area contributed by atoms with Crippen LogP contribution in [0.15, 0.2) is 218 Å². The van der Waals surface area contributed by atoms with Crippen molar-refractivity contribution in [1.29, 1.82) is 0 Å². The number of carbonyl (C=O) groups is 1. The number of rotatable bonds is 35.